The Morgan fingerprint density at radius 3 is 2.23 bits per heavy atom. The first-order chi connectivity index (χ1) is 18.8. The first-order valence-corrected chi connectivity index (χ1v) is 14.8. The van der Waals surface area contributed by atoms with Gasteiger partial charge in [0.1, 0.15) is 17.7 Å². The van der Waals surface area contributed by atoms with Gasteiger partial charge in [-0.2, -0.15) is 0 Å². The fraction of sp³-hybridized carbons (Fsp3) is 0.767. The molecule has 4 amide bonds. The highest BCUT2D eigenvalue weighted by atomic mass is 16.6. The molecule has 0 radical (unpaired) electrons. The monoisotopic (exact) mass is 562 g/mol. The summed E-state index contributed by atoms with van der Waals surface area (Å²) >= 11 is 0. The van der Waals surface area contributed by atoms with E-state index >= 15 is 0 Å². The second-order valence-corrected chi connectivity index (χ2v) is 12.4. The normalized spacial score (nSPS) is 21.3. The molecule has 2 fully saturated rings. The van der Waals surface area contributed by atoms with Gasteiger partial charge in [0, 0.05) is 13.1 Å². The molecule has 2 rings (SSSR count). The van der Waals surface area contributed by atoms with Crippen molar-refractivity contribution in [2.75, 3.05) is 13.1 Å². The van der Waals surface area contributed by atoms with Crippen molar-refractivity contribution in [1.82, 2.24) is 20.9 Å². The number of alkyl carbamates (subject to hydrolysis) is 1. The highest BCUT2D eigenvalue weighted by Gasteiger charge is 2.47. The topological polar surface area (TPSA) is 134 Å². The summed E-state index contributed by atoms with van der Waals surface area (Å²) < 4.78 is 5.48. The zero-order chi connectivity index (χ0) is 30.0. The lowest BCUT2D eigenvalue weighted by Gasteiger charge is -2.36. The zero-order valence-electron chi connectivity index (χ0n) is 25.2. The highest BCUT2D eigenvalue weighted by molar-refractivity contribution is 6.38. The van der Waals surface area contributed by atoms with E-state index in [2.05, 4.69) is 22.5 Å². The van der Waals surface area contributed by atoms with Gasteiger partial charge in [0.2, 0.25) is 17.6 Å². The average molecular weight is 563 g/mol. The molecule has 0 spiro atoms. The zero-order valence-corrected chi connectivity index (χ0v) is 25.2. The maximum atomic E-state index is 14.1. The molecule has 40 heavy (non-hydrogen) atoms. The van der Waals surface area contributed by atoms with Crippen molar-refractivity contribution in [3.8, 4) is 0 Å². The predicted octanol–water partition coefficient (Wildman–Crippen LogP) is 3.49. The molecule has 2 aliphatic rings. The Balaban J connectivity index is 2.28. The van der Waals surface area contributed by atoms with Crippen LogP contribution < -0.4 is 16.0 Å². The number of carbonyl (C=O) groups excluding carboxylic acids is 5. The molecule has 1 saturated carbocycles. The standard InChI is InChI=1S/C30H50N4O6/c1-8-10-17-31-27(37)25(35)22(9-2)32-26(36)24-21(19(3)4)16-18-34(24)28(38)23(20-14-12-11-13-15-20)33-29(39)40-30(5,6)7/h8,19-24H,1,9-18H2,2-7H3,(H,31,37)(H,32,36)(H,33,39)/t21?,22?,23-,24-/m0/s1. The summed E-state index contributed by atoms with van der Waals surface area (Å²) in [6.45, 7) is 15.3. The molecule has 0 bridgehead atoms. The van der Waals surface area contributed by atoms with E-state index in [0.29, 0.717) is 19.4 Å². The van der Waals surface area contributed by atoms with Crippen LogP contribution in [0.2, 0.25) is 0 Å². The van der Waals surface area contributed by atoms with Gasteiger partial charge in [-0.25, -0.2) is 4.79 Å². The van der Waals surface area contributed by atoms with Gasteiger partial charge in [-0.3, -0.25) is 19.2 Å². The maximum absolute atomic E-state index is 14.1. The Morgan fingerprint density at radius 1 is 1.02 bits per heavy atom. The Bertz CT molecular complexity index is 922. The van der Waals surface area contributed by atoms with Gasteiger partial charge in [-0.1, -0.05) is 46.1 Å². The highest BCUT2D eigenvalue weighted by Crippen LogP contribution is 2.34. The average Bonchev–Trinajstić information content (AvgIpc) is 3.35. The summed E-state index contributed by atoms with van der Waals surface area (Å²) in [6, 6.07) is -2.63. The van der Waals surface area contributed by atoms with Gasteiger partial charge >= 0.3 is 6.09 Å². The lowest BCUT2D eigenvalue weighted by molar-refractivity contribution is -0.144. The van der Waals surface area contributed by atoms with Crippen LogP contribution in [-0.4, -0.2) is 71.3 Å². The van der Waals surface area contributed by atoms with Crippen LogP contribution in [0.4, 0.5) is 4.79 Å². The van der Waals surface area contributed by atoms with E-state index in [1.165, 1.54) is 0 Å². The fourth-order valence-corrected chi connectivity index (χ4v) is 5.70. The van der Waals surface area contributed by atoms with Crippen LogP contribution in [0.1, 0.15) is 92.9 Å². The third kappa shape index (κ3) is 9.34. The van der Waals surface area contributed by atoms with Crippen molar-refractivity contribution >= 4 is 29.6 Å². The number of ether oxygens (including phenoxy) is 1. The molecule has 1 saturated heterocycles. The number of likely N-dealkylation sites (tertiary alicyclic amines) is 1. The predicted molar refractivity (Wildman–Crippen MR) is 153 cm³/mol. The number of ketones is 1. The van der Waals surface area contributed by atoms with E-state index in [-0.39, 0.29) is 36.6 Å². The summed E-state index contributed by atoms with van der Waals surface area (Å²) in [5, 5.41) is 8.15. The molecule has 2 unspecified atom stereocenters. The number of amides is 4. The van der Waals surface area contributed by atoms with Crippen molar-refractivity contribution in [3.63, 3.8) is 0 Å². The van der Waals surface area contributed by atoms with Crippen LogP contribution in [0.15, 0.2) is 12.7 Å². The second-order valence-electron chi connectivity index (χ2n) is 12.4. The van der Waals surface area contributed by atoms with Crippen LogP contribution in [0.5, 0.6) is 0 Å². The lowest BCUT2D eigenvalue weighted by atomic mass is 9.83. The van der Waals surface area contributed by atoms with Crippen molar-refractivity contribution in [2.45, 2.75) is 117 Å². The van der Waals surface area contributed by atoms with E-state index in [9.17, 15) is 24.0 Å². The van der Waals surface area contributed by atoms with E-state index in [1.807, 2.05) is 13.8 Å². The number of carbonyl (C=O) groups is 5. The van der Waals surface area contributed by atoms with Gasteiger partial charge in [-0.05, 0) is 70.6 Å². The number of hydrogen-bond acceptors (Lipinski definition) is 6. The molecule has 1 aliphatic carbocycles. The minimum absolute atomic E-state index is 0.0557. The molecular formula is C30H50N4O6. The Kier molecular flexibility index (Phi) is 12.6. The minimum Gasteiger partial charge on any atom is -0.444 e. The van der Waals surface area contributed by atoms with Gasteiger partial charge in [-0.15, -0.1) is 6.58 Å². The van der Waals surface area contributed by atoms with E-state index < -0.39 is 47.4 Å². The summed E-state index contributed by atoms with van der Waals surface area (Å²) in [6.07, 6.45) is 7.00. The number of rotatable bonds is 12. The van der Waals surface area contributed by atoms with E-state index in [4.69, 9.17) is 4.74 Å². The Hall–Kier alpha value is -2.91. The molecule has 10 heteroatoms. The lowest BCUT2D eigenvalue weighted by Crippen LogP contribution is -2.59. The molecule has 0 aromatic carbocycles. The van der Waals surface area contributed by atoms with Gasteiger partial charge in [0.25, 0.3) is 5.91 Å². The minimum atomic E-state index is -1.00. The molecule has 0 aromatic rings. The molecule has 3 N–H and O–H groups in total. The van der Waals surface area contributed by atoms with Gasteiger partial charge in [0.05, 0.1) is 6.04 Å². The Morgan fingerprint density at radius 2 is 1.68 bits per heavy atom. The van der Waals surface area contributed by atoms with Gasteiger partial charge in [0.15, 0.2) is 0 Å². The first-order valence-electron chi connectivity index (χ1n) is 14.8. The summed E-state index contributed by atoms with van der Waals surface area (Å²) in [7, 11) is 0. The van der Waals surface area contributed by atoms with Crippen LogP contribution in [0, 0.1) is 17.8 Å². The Labute approximate surface area is 239 Å². The summed E-state index contributed by atoms with van der Waals surface area (Å²) in [5.41, 5.74) is -0.720. The van der Waals surface area contributed by atoms with Crippen LogP contribution in [-0.2, 0) is 23.9 Å². The molecule has 226 valence electrons. The van der Waals surface area contributed by atoms with E-state index in [0.717, 1.165) is 32.1 Å². The van der Waals surface area contributed by atoms with Crippen LogP contribution >= 0.6 is 0 Å². The smallest absolute Gasteiger partial charge is 0.408 e. The second kappa shape index (κ2) is 15.2. The third-order valence-electron chi connectivity index (χ3n) is 7.81. The number of Topliss-reactive ketones (excluding diaryl/α,β-unsaturated/α-hetero) is 1. The third-order valence-corrected chi connectivity index (χ3v) is 7.81. The van der Waals surface area contributed by atoms with Crippen molar-refractivity contribution < 1.29 is 28.7 Å². The summed E-state index contributed by atoms with van der Waals surface area (Å²) in [4.78, 5) is 67.4. The molecule has 1 heterocycles. The largest absolute Gasteiger partial charge is 0.444 e. The SMILES string of the molecule is C=CCCNC(=O)C(=O)C(CC)NC(=O)[C@@H]1C(C(C)C)CCN1C(=O)[C@@H](NC(=O)OC(C)(C)C)C1CCCCC1. The van der Waals surface area contributed by atoms with Crippen molar-refractivity contribution in [2.24, 2.45) is 17.8 Å². The maximum Gasteiger partial charge on any atom is 0.408 e. The van der Waals surface area contributed by atoms with E-state index in [1.54, 1.807) is 38.7 Å². The quantitative estimate of drug-likeness (QED) is 0.189. The van der Waals surface area contributed by atoms with Crippen LogP contribution in [0.25, 0.3) is 0 Å². The number of hydrogen-bond donors (Lipinski definition) is 3. The fourth-order valence-electron chi connectivity index (χ4n) is 5.70. The molecule has 4 atom stereocenters. The molecule has 1 aliphatic heterocycles. The van der Waals surface area contributed by atoms with Gasteiger partial charge < -0.3 is 25.6 Å². The number of nitrogens with one attached hydrogen (secondary N) is 3. The summed E-state index contributed by atoms with van der Waals surface area (Å²) in [5.74, 6) is -2.33. The van der Waals surface area contributed by atoms with Crippen LogP contribution in [0.3, 0.4) is 0 Å². The molecule has 0 aromatic heterocycles. The number of nitrogens with zero attached hydrogens (tertiary/aromatic N) is 1. The van der Waals surface area contributed by atoms with Crippen molar-refractivity contribution in [3.05, 3.63) is 12.7 Å². The molecular weight excluding hydrogens is 512 g/mol. The molecule has 10 nitrogen and oxygen atoms in total. The first kappa shape index (κ1) is 33.3. The van der Waals surface area contributed by atoms with Crippen molar-refractivity contribution in [1.29, 1.82) is 0 Å².